The van der Waals surface area contributed by atoms with Crippen molar-refractivity contribution >= 4 is 28.5 Å². The molecule has 3 aromatic heterocycles. The lowest BCUT2D eigenvalue weighted by molar-refractivity contribution is 0.567. The highest BCUT2D eigenvalue weighted by Gasteiger charge is 2.26. The normalized spacial score (nSPS) is 12.3. The molecule has 2 aromatic carbocycles. The van der Waals surface area contributed by atoms with Crippen LogP contribution >= 0.6 is 11.6 Å². The van der Waals surface area contributed by atoms with E-state index in [9.17, 15) is 4.39 Å². The second-order valence-electron chi connectivity index (χ2n) is 6.81. The third kappa shape index (κ3) is 3.00. The van der Waals surface area contributed by atoms with E-state index in [1.165, 1.54) is 12.4 Å². The Morgan fingerprint density at radius 2 is 1.83 bits per heavy atom. The third-order valence-electron chi connectivity index (χ3n) is 5.05. The molecule has 5 aromatic rings. The summed E-state index contributed by atoms with van der Waals surface area (Å²) >= 11 is 6.06. The van der Waals surface area contributed by atoms with Crippen LogP contribution in [0.1, 0.15) is 17.4 Å². The fraction of sp³-hybridized carbons (Fsp3) is 0.0455. The van der Waals surface area contributed by atoms with Crippen LogP contribution in [0.5, 0.6) is 0 Å². The number of halogens is 2. The summed E-state index contributed by atoms with van der Waals surface area (Å²) in [6.07, 6.45) is 6.65. The van der Waals surface area contributed by atoms with Gasteiger partial charge in [0.1, 0.15) is 35.5 Å². The van der Waals surface area contributed by atoms with E-state index in [1.807, 2.05) is 22.9 Å². The molecule has 6 nitrogen and oxygen atoms in total. The minimum Gasteiger partial charge on any atom is -0.383 e. The van der Waals surface area contributed by atoms with Gasteiger partial charge in [-0.05, 0) is 23.8 Å². The van der Waals surface area contributed by atoms with Crippen molar-refractivity contribution in [2.24, 2.45) is 0 Å². The standard InChI is InChI=1S/C22H16ClFN6/c23-14-7-5-13(6-8-14)16-11-30(22-18(16)20(25)28-12-29-22)19(21-26-9-10-27-21)15-3-1-2-4-17(15)24/h1-12,19H,(H,26,27)(H2,25,28,29). The van der Waals surface area contributed by atoms with E-state index < -0.39 is 6.04 Å². The van der Waals surface area contributed by atoms with Gasteiger partial charge in [0.25, 0.3) is 0 Å². The molecule has 0 bridgehead atoms. The fourth-order valence-corrected chi connectivity index (χ4v) is 3.83. The lowest BCUT2D eigenvalue weighted by Crippen LogP contribution is -2.15. The molecule has 5 rings (SSSR count). The Bertz CT molecular complexity index is 1330. The molecule has 8 heteroatoms. The number of rotatable bonds is 4. The number of nitrogens with two attached hydrogens (primary N) is 1. The van der Waals surface area contributed by atoms with Gasteiger partial charge < -0.3 is 15.3 Å². The van der Waals surface area contributed by atoms with Crippen molar-refractivity contribution in [1.29, 1.82) is 0 Å². The quantitative estimate of drug-likeness (QED) is 0.437. The molecule has 0 spiro atoms. The van der Waals surface area contributed by atoms with E-state index in [4.69, 9.17) is 17.3 Å². The number of H-pyrrole nitrogens is 1. The second kappa shape index (κ2) is 7.27. The SMILES string of the molecule is Nc1ncnc2c1c(-c1ccc(Cl)cc1)cn2C(c1ncc[nH]1)c1ccccc1F. The zero-order valence-corrected chi connectivity index (χ0v) is 16.4. The Kier molecular flexibility index (Phi) is 4.44. The summed E-state index contributed by atoms with van der Waals surface area (Å²) in [6, 6.07) is 13.5. The molecule has 0 saturated heterocycles. The van der Waals surface area contributed by atoms with Crippen LogP contribution in [0.25, 0.3) is 22.2 Å². The van der Waals surface area contributed by atoms with Crippen LogP contribution in [0.2, 0.25) is 5.02 Å². The third-order valence-corrected chi connectivity index (χ3v) is 5.30. The molecule has 3 N–H and O–H groups in total. The van der Waals surface area contributed by atoms with Crippen LogP contribution in [0.15, 0.2) is 73.4 Å². The van der Waals surface area contributed by atoms with Gasteiger partial charge in [-0.1, -0.05) is 41.9 Å². The second-order valence-corrected chi connectivity index (χ2v) is 7.25. The van der Waals surface area contributed by atoms with Gasteiger partial charge in [0, 0.05) is 34.7 Å². The first kappa shape index (κ1) is 18.3. The number of aromatic amines is 1. The molecule has 3 heterocycles. The van der Waals surface area contributed by atoms with Crippen molar-refractivity contribution in [3.63, 3.8) is 0 Å². The van der Waals surface area contributed by atoms with E-state index in [0.717, 1.165) is 11.1 Å². The maximum atomic E-state index is 14.8. The average molecular weight is 419 g/mol. The van der Waals surface area contributed by atoms with Gasteiger partial charge in [-0.25, -0.2) is 19.3 Å². The number of fused-ring (bicyclic) bond motifs is 1. The number of aromatic nitrogens is 5. The average Bonchev–Trinajstić information content (AvgIpc) is 3.40. The summed E-state index contributed by atoms with van der Waals surface area (Å²) in [4.78, 5) is 16.1. The van der Waals surface area contributed by atoms with Gasteiger partial charge in [0.05, 0.1) is 5.39 Å². The zero-order valence-electron chi connectivity index (χ0n) is 15.6. The summed E-state index contributed by atoms with van der Waals surface area (Å²) < 4.78 is 16.7. The lowest BCUT2D eigenvalue weighted by Gasteiger charge is -2.19. The minimum absolute atomic E-state index is 0.337. The largest absolute Gasteiger partial charge is 0.383 e. The van der Waals surface area contributed by atoms with Gasteiger partial charge in [-0.3, -0.25) is 0 Å². The maximum Gasteiger partial charge on any atom is 0.147 e. The molecule has 0 aliphatic rings. The van der Waals surface area contributed by atoms with Gasteiger partial charge in [0.2, 0.25) is 0 Å². The molecule has 1 unspecified atom stereocenters. The molecule has 148 valence electrons. The summed E-state index contributed by atoms with van der Waals surface area (Å²) in [5.41, 5.74) is 9.01. The first-order valence-corrected chi connectivity index (χ1v) is 9.62. The van der Waals surface area contributed by atoms with Crippen LogP contribution in [0.3, 0.4) is 0 Å². The number of nitrogens with zero attached hydrogens (tertiary/aromatic N) is 4. The molecule has 1 atom stereocenters. The summed E-state index contributed by atoms with van der Waals surface area (Å²) in [5, 5.41) is 1.32. The van der Waals surface area contributed by atoms with Gasteiger partial charge in [0.15, 0.2) is 0 Å². The van der Waals surface area contributed by atoms with Gasteiger partial charge >= 0.3 is 0 Å². The number of benzene rings is 2. The lowest BCUT2D eigenvalue weighted by atomic mass is 10.1. The first-order chi connectivity index (χ1) is 14.6. The Hall–Kier alpha value is -3.71. The van der Waals surface area contributed by atoms with Crippen molar-refractivity contribution in [2.45, 2.75) is 6.04 Å². The molecule has 0 saturated carbocycles. The molecule has 0 aliphatic heterocycles. The van der Waals surface area contributed by atoms with Gasteiger partial charge in [-0.2, -0.15) is 0 Å². The van der Waals surface area contributed by atoms with Crippen molar-refractivity contribution in [3.8, 4) is 11.1 Å². The maximum absolute atomic E-state index is 14.8. The Labute approximate surface area is 176 Å². The molecule has 30 heavy (non-hydrogen) atoms. The van der Waals surface area contributed by atoms with Crippen LogP contribution in [0.4, 0.5) is 10.2 Å². The fourth-order valence-electron chi connectivity index (χ4n) is 3.71. The molecular weight excluding hydrogens is 403 g/mol. The Balaban J connectivity index is 1.82. The van der Waals surface area contributed by atoms with Crippen LogP contribution < -0.4 is 5.73 Å². The van der Waals surface area contributed by atoms with Crippen molar-refractivity contribution < 1.29 is 4.39 Å². The molecule has 0 amide bonds. The first-order valence-electron chi connectivity index (χ1n) is 9.24. The van der Waals surface area contributed by atoms with E-state index >= 15 is 0 Å². The van der Waals surface area contributed by atoms with Crippen LogP contribution in [-0.4, -0.2) is 24.5 Å². The van der Waals surface area contributed by atoms with Crippen molar-refractivity contribution in [2.75, 3.05) is 5.73 Å². The Morgan fingerprint density at radius 1 is 1.03 bits per heavy atom. The Morgan fingerprint density at radius 3 is 2.57 bits per heavy atom. The van der Waals surface area contributed by atoms with Crippen LogP contribution in [-0.2, 0) is 0 Å². The predicted molar refractivity (Wildman–Crippen MR) is 115 cm³/mol. The summed E-state index contributed by atoms with van der Waals surface area (Å²) in [6.45, 7) is 0. The summed E-state index contributed by atoms with van der Waals surface area (Å²) in [5.74, 6) is 0.586. The molecule has 0 fully saturated rings. The smallest absolute Gasteiger partial charge is 0.147 e. The van der Waals surface area contributed by atoms with E-state index in [-0.39, 0.29) is 5.82 Å². The highest BCUT2D eigenvalue weighted by molar-refractivity contribution is 6.30. The van der Waals surface area contributed by atoms with E-state index in [1.54, 1.807) is 42.7 Å². The highest BCUT2D eigenvalue weighted by Crippen LogP contribution is 2.37. The monoisotopic (exact) mass is 418 g/mol. The number of nitrogens with one attached hydrogen (secondary N) is 1. The van der Waals surface area contributed by atoms with E-state index in [2.05, 4.69) is 19.9 Å². The van der Waals surface area contributed by atoms with Crippen molar-refractivity contribution in [3.05, 3.63) is 95.7 Å². The topological polar surface area (TPSA) is 85.4 Å². The number of hydrogen-bond donors (Lipinski definition) is 2. The number of hydrogen-bond acceptors (Lipinski definition) is 4. The predicted octanol–water partition coefficient (Wildman–Crippen LogP) is 4.83. The zero-order chi connectivity index (χ0) is 20.7. The number of nitrogen functional groups attached to an aromatic ring is 1. The number of anilines is 1. The minimum atomic E-state index is -0.570. The molecular formula is C22H16ClFN6. The van der Waals surface area contributed by atoms with Crippen LogP contribution in [0, 0.1) is 5.82 Å². The highest BCUT2D eigenvalue weighted by atomic mass is 35.5. The molecule has 0 aliphatic carbocycles. The summed E-state index contributed by atoms with van der Waals surface area (Å²) in [7, 11) is 0. The van der Waals surface area contributed by atoms with E-state index in [0.29, 0.717) is 33.3 Å². The number of imidazole rings is 1. The van der Waals surface area contributed by atoms with Gasteiger partial charge in [-0.15, -0.1) is 0 Å². The van der Waals surface area contributed by atoms with Crippen molar-refractivity contribution in [1.82, 2.24) is 24.5 Å². The molecule has 0 radical (unpaired) electrons.